The van der Waals surface area contributed by atoms with Crippen molar-refractivity contribution in [1.82, 2.24) is 10.2 Å². The number of esters is 1. The molecule has 1 saturated heterocycles. The predicted molar refractivity (Wildman–Crippen MR) is 93.6 cm³/mol. The van der Waals surface area contributed by atoms with Crippen LogP contribution in [0.5, 0.6) is 0 Å². The van der Waals surface area contributed by atoms with Gasteiger partial charge in [-0.15, -0.1) is 0 Å². The average molecular weight is 370 g/mol. The molecule has 2 aliphatic rings. The van der Waals surface area contributed by atoms with Crippen LogP contribution in [-0.2, 0) is 19.0 Å². The molecule has 1 saturated carbocycles. The van der Waals surface area contributed by atoms with Crippen LogP contribution in [0.3, 0.4) is 0 Å². The van der Waals surface area contributed by atoms with Crippen molar-refractivity contribution in [2.24, 2.45) is 5.92 Å². The highest BCUT2D eigenvalue weighted by Crippen LogP contribution is 2.33. The van der Waals surface area contributed by atoms with Crippen molar-refractivity contribution in [2.75, 3.05) is 26.3 Å². The molecule has 0 spiro atoms. The van der Waals surface area contributed by atoms with E-state index in [9.17, 15) is 14.4 Å². The van der Waals surface area contributed by atoms with E-state index in [0.717, 1.165) is 12.8 Å². The molecule has 0 aromatic carbocycles. The van der Waals surface area contributed by atoms with Gasteiger partial charge in [-0.25, -0.2) is 14.4 Å². The molecule has 8 nitrogen and oxygen atoms in total. The minimum Gasteiger partial charge on any atom is -0.462 e. The van der Waals surface area contributed by atoms with E-state index in [4.69, 9.17) is 14.2 Å². The standard InChI is InChI=1S/C18H30N2O6/c1-13-5-7-18(8-6-13,19-15(22)26-17(2,3)4)14(21)24-11-9-20-10-12-25-16(20)23/h13H,5-12H2,1-4H3,(H,19,22). The monoisotopic (exact) mass is 370 g/mol. The van der Waals surface area contributed by atoms with Gasteiger partial charge in [0.2, 0.25) is 0 Å². The zero-order valence-corrected chi connectivity index (χ0v) is 16.1. The lowest BCUT2D eigenvalue weighted by molar-refractivity contribution is -0.154. The molecule has 1 aliphatic carbocycles. The maximum Gasteiger partial charge on any atom is 0.410 e. The Morgan fingerprint density at radius 2 is 1.96 bits per heavy atom. The molecule has 0 aromatic heterocycles. The van der Waals surface area contributed by atoms with Gasteiger partial charge in [0, 0.05) is 0 Å². The Hall–Kier alpha value is -1.99. The maximum atomic E-state index is 12.8. The molecule has 1 aliphatic heterocycles. The van der Waals surface area contributed by atoms with E-state index in [-0.39, 0.29) is 13.2 Å². The number of carbonyl (C=O) groups is 3. The first kappa shape index (κ1) is 20.3. The zero-order valence-electron chi connectivity index (χ0n) is 16.1. The number of alkyl carbamates (subject to hydrolysis) is 1. The highest BCUT2D eigenvalue weighted by molar-refractivity contribution is 5.86. The minimum atomic E-state index is -1.07. The lowest BCUT2D eigenvalue weighted by Gasteiger charge is -2.38. The van der Waals surface area contributed by atoms with Crippen LogP contribution in [-0.4, -0.2) is 60.5 Å². The number of hydrogen-bond acceptors (Lipinski definition) is 6. The van der Waals surface area contributed by atoms with E-state index in [0.29, 0.717) is 31.9 Å². The van der Waals surface area contributed by atoms with Crippen molar-refractivity contribution in [2.45, 2.75) is 64.5 Å². The Morgan fingerprint density at radius 3 is 2.50 bits per heavy atom. The number of carbonyl (C=O) groups excluding carboxylic acids is 3. The number of ether oxygens (including phenoxy) is 3. The number of cyclic esters (lactones) is 1. The van der Waals surface area contributed by atoms with E-state index < -0.39 is 29.3 Å². The van der Waals surface area contributed by atoms with Crippen molar-refractivity contribution in [3.05, 3.63) is 0 Å². The van der Waals surface area contributed by atoms with Gasteiger partial charge in [-0.1, -0.05) is 6.92 Å². The lowest BCUT2D eigenvalue weighted by atomic mass is 9.77. The molecule has 0 unspecified atom stereocenters. The summed E-state index contributed by atoms with van der Waals surface area (Å²) >= 11 is 0. The Balaban J connectivity index is 1.95. The maximum absolute atomic E-state index is 12.8. The van der Waals surface area contributed by atoms with Crippen LogP contribution in [0.15, 0.2) is 0 Å². The number of amides is 2. The molecule has 0 bridgehead atoms. The second-order valence-electron chi connectivity index (χ2n) is 8.13. The molecule has 8 heteroatoms. The number of rotatable bonds is 5. The predicted octanol–water partition coefficient (Wildman–Crippen LogP) is 2.46. The van der Waals surface area contributed by atoms with E-state index in [1.54, 1.807) is 20.8 Å². The molecular weight excluding hydrogens is 340 g/mol. The van der Waals surface area contributed by atoms with E-state index >= 15 is 0 Å². The molecule has 0 aromatic rings. The first-order valence-electron chi connectivity index (χ1n) is 9.21. The second kappa shape index (κ2) is 8.14. The molecule has 26 heavy (non-hydrogen) atoms. The summed E-state index contributed by atoms with van der Waals surface area (Å²) in [6, 6.07) is 0. The van der Waals surface area contributed by atoms with Crippen LogP contribution in [0.1, 0.15) is 53.4 Å². The summed E-state index contributed by atoms with van der Waals surface area (Å²) in [5.41, 5.74) is -1.71. The average Bonchev–Trinajstić information content (AvgIpc) is 2.93. The van der Waals surface area contributed by atoms with Gasteiger partial charge in [0.1, 0.15) is 24.4 Å². The van der Waals surface area contributed by atoms with E-state index in [1.807, 2.05) is 0 Å². The minimum absolute atomic E-state index is 0.0707. The third-order valence-electron chi connectivity index (χ3n) is 4.70. The largest absolute Gasteiger partial charge is 0.462 e. The summed E-state index contributed by atoms with van der Waals surface area (Å²) < 4.78 is 15.6. The first-order valence-corrected chi connectivity index (χ1v) is 9.21. The van der Waals surface area contributed by atoms with Crippen LogP contribution in [0.2, 0.25) is 0 Å². The Bertz CT molecular complexity index is 534. The number of hydrogen-bond donors (Lipinski definition) is 1. The van der Waals surface area contributed by atoms with E-state index in [1.165, 1.54) is 4.90 Å². The highest BCUT2D eigenvalue weighted by atomic mass is 16.6. The third-order valence-corrected chi connectivity index (χ3v) is 4.70. The van der Waals surface area contributed by atoms with Crippen molar-refractivity contribution in [1.29, 1.82) is 0 Å². The first-order chi connectivity index (χ1) is 12.1. The molecule has 2 rings (SSSR count). The molecule has 2 amide bonds. The van der Waals surface area contributed by atoms with Crippen LogP contribution in [0.4, 0.5) is 9.59 Å². The van der Waals surface area contributed by atoms with Crippen molar-refractivity contribution < 1.29 is 28.6 Å². The van der Waals surface area contributed by atoms with Gasteiger partial charge in [0.05, 0.1) is 13.1 Å². The fraction of sp³-hybridized carbons (Fsp3) is 0.833. The van der Waals surface area contributed by atoms with Crippen LogP contribution < -0.4 is 5.32 Å². The van der Waals surface area contributed by atoms with Gasteiger partial charge in [0.15, 0.2) is 0 Å². The lowest BCUT2D eigenvalue weighted by Crippen LogP contribution is -2.58. The van der Waals surface area contributed by atoms with Gasteiger partial charge >= 0.3 is 18.2 Å². The smallest absolute Gasteiger partial charge is 0.410 e. The van der Waals surface area contributed by atoms with Crippen molar-refractivity contribution in [3.63, 3.8) is 0 Å². The topological polar surface area (TPSA) is 94.2 Å². The highest BCUT2D eigenvalue weighted by Gasteiger charge is 2.44. The summed E-state index contributed by atoms with van der Waals surface area (Å²) in [7, 11) is 0. The SMILES string of the molecule is CC1CCC(NC(=O)OC(C)(C)C)(C(=O)OCCN2CCOC2=O)CC1. The normalized spacial score (nSPS) is 26.2. The summed E-state index contributed by atoms with van der Waals surface area (Å²) in [6.07, 6.45) is 1.66. The molecule has 0 atom stereocenters. The number of nitrogens with zero attached hydrogens (tertiary/aromatic N) is 1. The second-order valence-corrected chi connectivity index (χ2v) is 8.13. The molecule has 2 fully saturated rings. The number of nitrogens with one attached hydrogen (secondary N) is 1. The summed E-state index contributed by atoms with van der Waals surface area (Å²) in [6.45, 7) is 8.65. The summed E-state index contributed by atoms with van der Waals surface area (Å²) in [5, 5.41) is 2.76. The third kappa shape index (κ3) is 5.51. The van der Waals surface area contributed by atoms with E-state index in [2.05, 4.69) is 12.2 Å². The van der Waals surface area contributed by atoms with Gasteiger partial charge in [0.25, 0.3) is 0 Å². The van der Waals surface area contributed by atoms with Gasteiger partial charge in [-0.3, -0.25) is 0 Å². The zero-order chi connectivity index (χ0) is 19.4. The summed E-state index contributed by atoms with van der Waals surface area (Å²) in [4.78, 5) is 37.9. The van der Waals surface area contributed by atoms with Gasteiger partial charge in [-0.2, -0.15) is 0 Å². The Kier molecular flexibility index (Phi) is 6.36. The fourth-order valence-corrected chi connectivity index (χ4v) is 3.15. The fourth-order valence-electron chi connectivity index (χ4n) is 3.15. The molecule has 0 radical (unpaired) electrons. The summed E-state index contributed by atoms with van der Waals surface area (Å²) in [5.74, 6) is 0.0264. The molecular formula is C18H30N2O6. The quantitative estimate of drug-likeness (QED) is 0.590. The van der Waals surface area contributed by atoms with Crippen LogP contribution >= 0.6 is 0 Å². The Labute approximate surface area is 154 Å². The van der Waals surface area contributed by atoms with Gasteiger partial charge in [-0.05, 0) is 52.4 Å². The van der Waals surface area contributed by atoms with Crippen LogP contribution in [0.25, 0.3) is 0 Å². The molecule has 1 heterocycles. The van der Waals surface area contributed by atoms with Crippen molar-refractivity contribution >= 4 is 18.2 Å². The van der Waals surface area contributed by atoms with Crippen LogP contribution in [0, 0.1) is 5.92 Å². The molecule has 148 valence electrons. The van der Waals surface area contributed by atoms with Gasteiger partial charge < -0.3 is 24.4 Å². The molecule has 1 N–H and O–H groups in total. The Morgan fingerprint density at radius 1 is 1.31 bits per heavy atom. The van der Waals surface area contributed by atoms with Crippen molar-refractivity contribution in [3.8, 4) is 0 Å².